The molecule has 0 aliphatic heterocycles. The van der Waals surface area contributed by atoms with Gasteiger partial charge in [-0.1, -0.05) is 30.3 Å². The van der Waals surface area contributed by atoms with E-state index in [0.717, 1.165) is 10.5 Å². The molecule has 0 aliphatic rings. The molecule has 4 aromatic carbocycles. The zero-order valence-corrected chi connectivity index (χ0v) is 18.7. The van der Waals surface area contributed by atoms with E-state index in [2.05, 4.69) is 5.32 Å². The van der Waals surface area contributed by atoms with Crippen LogP contribution in [0, 0.1) is 11.6 Å². The lowest BCUT2D eigenvalue weighted by molar-refractivity contribution is -0.115. The van der Waals surface area contributed by atoms with Crippen molar-refractivity contribution < 1.29 is 18.3 Å². The van der Waals surface area contributed by atoms with Gasteiger partial charge in [0.1, 0.15) is 23.1 Å². The minimum absolute atomic E-state index is 0.179. The van der Waals surface area contributed by atoms with Crippen molar-refractivity contribution in [2.75, 3.05) is 11.6 Å². The summed E-state index contributed by atoms with van der Waals surface area (Å²) in [5, 5.41) is 2.87. The van der Waals surface area contributed by atoms with Crippen LogP contribution in [-0.2, 0) is 11.2 Å². The Morgan fingerprint density at radius 1 is 0.879 bits per heavy atom. The molecule has 1 amide bonds. The molecule has 0 heterocycles. The van der Waals surface area contributed by atoms with Crippen molar-refractivity contribution in [2.45, 2.75) is 11.3 Å². The van der Waals surface area contributed by atoms with E-state index in [4.69, 9.17) is 4.74 Å². The number of rotatable bonds is 7. The van der Waals surface area contributed by atoms with Gasteiger partial charge in [-0.3, -0.25) is 4.79 Å². The van der Waals surface area contributed by atoms with Crippen LogP contribution >= 0.6 is 11.8 Å². The second kappa shape index (κ2) is 10.3. The highest BCUT2D eigenvalue weighted by Gasteiger charge is 2.12. The van der Waals surface area contributed by atoms with Gasteiger partial charge in [0.05, 0.1) is 6.42 Å². The first kappa shape index (κ1) is 22.6. The van der Waals surface area contributed by atoms with Crippen LogP contribution in [0.25, 0.3) is 11.1 Å². The molecular formula is C27H21F2NO2S. The van der Waals surface area contributed by atoms with E-state index in [1.807, 2.05) is 30.5 Å². The van der Waals surface area contributed by atoms with E-state index in [9.17, 15) is 13.6 Å². The summed E-state index contributed by atoms with van der Waals surface area (Å²) in [6, 6.07) is 24.8. The number of carbonyl (C=O) groups is 1. The van der Waals surface area contributed by atoms with Crippen LogP contribution in [-0.4, -0.2) is 12.2 Å². The lowest BCUT2D eigenvalue weighted by Crippen LogP contribution is -2.14. The van der Waals surface area contributed by atoms with Gasteiger partial charge in [0.25, 0.3) is 0 Å². The molecule has 0 aromatic heterocycles. The van der Waals surface area contributed by atoms with Crippen molar-refractivity contribution in [2.24, 2.45) is 0 Å². The van der Waals surface area contributed by atoms with E-state index in [0.29, 0.717) is 28.3 Å². The minimum Gasteiger partial charge on any atom is -0.457 e. The second-order valence-corrected chi connectivity index (χ2v) is 8.23. The standard InChI is InChI=1S/C27H21F2NO2S/c1-33-24-11-8-18(9-12-24)14-27(31)30-22-10-13-25(19-4-2-5-20(28)15-19)26(17-22)32-23-7-3-6-21(29)16-23/h2-13,15-17H,14H2,1H3,(H,30,31). The summed E-state index contributed by atoms with van der Waals surface area (Å²) in [5.74, 6) is -0.328. The van der Waals surface area contributed by atoms with Gasteiger partial charge < -0.3 is 10.1 Å². The third kappa shape index (κ3) is 5.99. The lowest BCUT2D eigenvalue weighted by atomic mass is 10.0. The molecule has 6 heteroatoms. The molecule has 0 atom stereocenters. The van der Waals surface area contributed by atoms with Gasteiger partial charge in [-0.15, -0.1) is 11.8 Å². The van der Waals surface area contributed by atoms with Gasteiger partial charge in [0.15, 0.2) is 0 Å². The highest BCUT2D eigenvalue weighted by molar-refractivity contribution is 7.98. The fourth-order valence-electron chi connectivity index (χ4n) is 3.37. The van der Waals surface area contributed by atoms with Crippen LogP contribution < -0.4 is 10.1 Å². The number of halogens is 2. The maximum Gasteiger partial charge on any atom is 0.228 e. The van der Waals surface area contributed by atoms with Gasteiger partial charge in [-0.2, -0.15) is 0 Å². The van der Waals surface area contributed by atoms with Crippen molar-refractivity contribution in [3.05, 3.63) is 108 Å². The highest BCUT2D eigenvalue weighted by atomic mass is 32.2. The highest BCUT2D eigenvalue weighted by Crippen LogP contribution is 2.36. The number of ether oxygens (including phenoxy) is 1. The number of hydrogen-bond donors (Lipinski definition) is 1. The molecule has 0 aliphatic carbocycles. The fourth-order valence-corrected chi connectivity index (χ4v) is 3.78. The van der Waals surface area contributed by atoms with Gasteiger partial charge in [0.2, 0.25) is 5.91 Å². The van der Waals surface area contributed by atoms with Crippen molar-refractivity contribution in [1.29, 1.82) is 0 Å². The maximum atomic E-state index is 13.8. The first-order chi connectivity index (χ1) is 16.0. The van der Waals surface area contributed by atoms with Crippen LogP contribution in [0.5, 0.6) is 11.5 Å². The Morgan fingerprint density at radius 3 is 2.30 bits per heavy atom. The molecule has 3 nitrogen and oxygen atoms in total. The first-order valence-electron chi connectivity index (χ1n) is 10.3. The largest absolute Gasteiger partial charge is 0.457 e. The third-order valence-electron chi connectivity index (χ3n) is 4.95. The number of amides is 1. The normalized spacial score (nSPS) is 10.6. The molecular weight excluding hydrogens is 440 g/mol. The summed E-state index contributed by atoms with van der Waals surface area (Å²) in [5.41, 5.74) is 2.64. The average Bonchev–Trinajstić information content (AvgIpc) is 2.80. The van der Waals surface area contributed by atoms with E-state index < -0.39 is 5.82 Å². The third-order valence-corrected chi connectivity index (χ3v) is 5.69. The summed E-state index contributed by atoms with van der Waals surface area (Å²) in [7, 11) is 0. The molecule has 0 saturated carbocycles. The topological polar surface area (TPSA) is 38.3 Å². The number of carbonyl (C=O) groups excluding carboxylic acids is 1. The predicted molar refractivity (Wildman–Crippen MR) is 129 cm³/mol. The Kier molecular flexibility index (Phi) is 7.05. The van der Waals surface area contributed by atoms with E-state index >= 15 is 0 Å². The molecule has 0 saturated heterocycles. The molecule has 1 N–H and O–H groups in total. The van der Waals surface area contributed by atoms with Crippen molar-refractivity contribution in [3.8, 4) is 22.6 Å². The summed E-state index contributed by atoms with van der Waals surface area (Å²) in [6.07, 6.45) is 2.22. The van der Waals surface area contributed by atoms with Gasteiger partial charge in [0, 0.05) is 28.3 Å². The predicted octanol–water partition coefficient (Wildman–Crippen LogP) is 7.33. The molecule has 4 aromatic rings. The van der Waals surface area contributed by atoms with Crippen LogP contribution in [0.15, 0.2) is 95.9 Å². The summed E-state index contributed by atoms with van der Waals surface area (Å²) in [6.45, 7) is 0. The Bertz CT molecular complexity index is 1280. The van der Waals surface area contributed by atoms with Gasteiger partial charge in [-0.25, -0.2) is 8.78 Å². The van der Waals surface area contributed by atoms with Crippen molar-refractivity contribution >= 4 is 23.4 Å². The molecule has 0 bridgehead atoms. The molecule has 0 radical (unpaired) electrons. The minimum atomic E-state index is -0.434. The number of anilines is 1. The van der Waals surface area contributed by atoms with Crippen LogP contribution in [0.2, 0.25) is 0 Å². The second-order valence-electron chi connectivity index (χ2n) is 7.35. The fraction of sp³-hybridized carbons (Fsp3) is 0.0741. The van der Waals surface area contributed by atoms with Crippen molar-refractivity contribution in [3.63, 3.8) is 0 Å². The molecule has 166 valence electrons. The van der Waals surface area contributed by atoms with Crippen LogP contribution in [0.3, 0.4) is 0 Å². The zero-order chi connectivity index (χ0) is 23.2. The Morgan fingerprint density at radius 2 is 1.61 bits per heavy atom. The molecule has 0 spiro atoms. The smallest absolute Gasteiger partial charge is 0.228 e. The Labute approximate surface area is 195 Å². The molecule has 0 fully saturated rings. The average molecular weight is 462 g/mol. The van der Waals surface area contributed by atoms with E-state index in [-0.39, 0.29) is 18.1 Å². The number of nitrogens with one attached hydrogen (secondary N) is 1. The van der Waals surface area contributed by atoms with E-state index in [1.54, 1.807) is 54.2 Å². The van der Waals surface area contributed by atoms with Gasteiger partial charge in [-0.05, 0) is 65.9 Å². The SMILES string of the molecule is CSc1ccc(CC(=O)Nc2ccc(-c3cccc(F)c3)c(Oc3cccc(F)c3)c2)cc1. The van der Waals surface area contributed by atoms with Crippen LogP contribution in [0.4, 0.5) is 14.5 Å². The van der Waals surface area contributed by atoms with Crippen molar-refractivity contribution in [1.82, 2.24) is 0 Å². The Balaban J connectivity index is 1.60. The van der Waals surface area contributed by atoms with E-state index in [1.165, 1.54) is 24.3 Å². The van der Waals surface area contributed by atoms with Crippen LogP contribution in [0.1, 0.15) is 5.56 Å². The monoisotopic (exact) mass is 461 g/mol. The Hall–Kier alpha value is -3.64. The zero-order valence-electron chi connectivity index (χ0n) is 17.8. The lowest BCUT2D eigenvalue weighted by Gasteiger charge is -2.14. The quantitative estimate of drug-likeness (QED) is 0.293. The summed E-state index contributed by atoms with van der Waals surface area (Å²) < 4.78 is 33.4. The van der Waals surface area contributed by atoms with Gasteiger partial charge >= 0.3 is 0 Å². The first-order valence-corrected chi connectivity index (χ1v) is 11.5. The molecule has 4 rings (SSSR count). The summed E-state index contributed by atoms with van der Waals surface area (Å²) >= 11 is 1.64. The maximum absolute atomic E-state index is 13.8. The number of hydrogen-bond acceptors (Lipinski definition) is 3. The number of benzene rings is 4. The molecule has 33 heavy (non-hydrogen) atoms. The number of thioether (sulfide) groups is 1. The summed E-state index contributed by atoms with van der Waals surface area (Å²) in [4.78, 5) is 13.7. The molecule has 0 unspecified atom stereocenters.